The number of Topliss-reactive ketones (excluding diaryl/α,β-unsaturated/α-hetero) is 1. The lowest BCUT2D eigenvalue weighted by molar-refractivity contribution is -0.122. The summed E-state index contributed by atoms with van der Waals surface area (Å²) in [4.78, 5) is 11.2. The minimum Gasteiger partial charge on any atom is -0.300 e. The van der Waals surface area contributed by atoms with E-state index < -0.39 is 0 Å². The van der Waals surface area contributed by atoms with Crippen LogP contribution in [0.2, 0.25) is 0 Å². The van der Waals surface area contributed by atoms with Gasteiger partial charge in [-0.2, -0.15) is 11.8 Å². The van der Waals surface area contributed by atoms with Gasteiger partial charge in [-0.25, -0.2) is 0 Å². The zero-order chi connectivity index (χ0) is 10.3. The Kier molecular flexibility index (Phi) is 7.44. The standard InChI is InChI=1S/C11H22OS/c1-5-13-8-6-7-11(9(2)3)10(4)12/h9,11H,5-8H2,1-4H3. The van der Waals surface area contributed by atoms with Gasteiger partial charge in [0.25, 0.3) is 0 Å². The first-order chi connectivity index (χ1) is 6.09. The average molecular weight is 202 g/mol. The fourth-order valence-corrected chi connectivity index (χ4v) is 2.22. The summed E-state index contributed by atoms with van der Waals surface area (Å²) in [6, 6.07) is 0. The number of carbonyl (C=O) groups is 1. The zero-order valence-corrected chi connectivity index (χ0v) is 10.1. The number of hydrogen-bond acceptors (Lipinski definition) is 2. The molecule has 0 saturated heterocycles. The fraction of sp³-hybridized carbons (Fsp3) is 0.909. The summed E-state index contributed by atoms with van der Waals surface area (Å²) in [5, 5.41) is 0. The Morgan fingerprint density at radius 1 is 1.38 bits per heavy atom. The van der Waals surface area contributed by atoms with E-state index >= 15 is 0 Å². The summed E-state index contributed by atoms with van der Waals surface area (Å²) in [5.41, 5.74) is 0. The van der Waals surface area contributed by atoms with Gasteiger partial charge >= 0.3 is 0 Å². The van der Waals surface area contributed by atoms with Crippen molar-refractivity contribution in [2.24, 2.45) is 11.8 Å². The first-order valence-corrected chi connectivity index (χ1v) is 6.33. The SMILES string of the molecule is CCSCCCC(C(C)=O)C(C)C. The lowest BCUT2D eigenvalue weighted by Gasteiger charge is -2.17. The molecule has 0 saturated carbocycles. The molecule has 0 spiro atoms. The third-order valence-electron chi connectivity index (χ3n) is 2.33. The van der Waals surface area contributed by atoms with Crippen molar-refractivity contribution in [2.45, 2.75) is 40.5 Å². The monoisotopic (exact) mass is 202 g/mol. The summed E-state index contributed by atoms with van der Waals surface area (Å²) in [6.45, 7) is 8.17. The van der Waals surface area contributed by atoms with Crippen molar-refractivity contribution in [1.82, 2.24) is 0 Å². The lowest BCUT2D eigenvalue weighted by atomic mass is 9.88. The molecular weight excluding hydrogens is 180 g/mol. The Morgan fingerprint density at radius 3 is 2.38 bits per heavy atom. The van der Waals surface area contributed by atoms with Crippen LogP contribution in [0.15, 0.2) is 0 Å². The molecule has 0 bridgehead atoms. The predicted octanol–water partition coefficient (Wildman–Crippen LogP) is 3.38. The van der Waals surface area contributed by atoms with Crippen molar-refractivity contribution in [2.75, 3.05) is 11.5 Å². The molecule has 0 fully saturated rings. The lowest BCUT2D eigenvalue weighted by Crippen LogP contribution is -2.17. The van der Waals surface area contributed by atoms with Gasteiger partial charge in [0.05, 0.1) is 0 Å². The highest BCUT2D eigenvalue weighted by Gasteiger charge is 2.17. The molecule has 1 atom stereocenters. The number of rotatable bonds is 7. The van der Waals surface area contributed by atoms with Crippen LogP contribution in [0.3, 0.4) is 0 Å². The van der Waals surface area contributed by atoms with E-state index in [2.05, 4.69) is 20.8 Å². The summed E-state index contributed by atoms with van der Waals surface area (Å²) < 4.78 is 0. The number of thioether (sulfide) groups is 1. The van der Waals surface area contributed by atoms with Gasteiger partial charge in [-0.1, -0.05) is 20.8 Å². The quantitative estimate of drug-likeness (QED) is 0.589. The van der Waals surface area contributed by atoms with Crippen LogP contribution in [0.4, 0.5) is 0 Å². The minimum absolute atomic E-state index is 0.289. The van der Waals surface area contributed by atoms with Crippen LogP contribution in [0.5, 0.6) is 0 Å². The Morgan fingerprint density at radius 2 is 2.00 bits per heavy atom. The molecule has 0 N–H and O–H groups in total. The molecule has 0 aromatic rings. The third kappa shape index (κ3) is 6.14. The highest BCUT2D eigenvalue weighted by molar-refractivity contribution is 7.99. The van der Waals surface area contributed by atoms with E-state index in [0.29, 0.717) is 11.7 Å². The molecule has 0 aliphatic heterocycles. The van der Waals surface area contributed by atoms with Crippen molar-refractivity contribution in [3.05, 3.63) is 0 Å². The Hall–Kier alpha value is 0.0200. The highest BCUT2D eigenvalue weighted by Crippen LogP contribution is 2.19. The maximum absolute atomic E-state index is 11.2. The number of hydrogen-bond donors (Lipinski definition) is 0. The molecule has 0 aromatic heterocycles. The Balaban J connectivity index is 3.64. The van der Waals surface area contributed by atoms with Crippen LogP contribution < -0.4 is 0 Å². The third-order valence-corrected chi connectivity index (χ3v) is 3.32. The largest absolute Gasteiger partial charge is 0.300 e. The van der Waals surface area contributed by atoms with Crippen LogP contribution in [0.1, 0.15) is 40.5 Å². The summed E-state index contributed by atoms with van der Waals surface area (Å²) in [7, 11) is 0. The molecule has 0 amide bonds. The molecule has 0 rings (SSSR count). The van der Waals surface area contributed by atoms with E-state index in [1.165, 1.54) is 17.9 Å². The van der Waals surface area contributed by atoms with E-state index in [0.717, 1.165) is 6.42 Å². The summed E-state index contributed by atoms with van der Waals surface area (Å²) >= 11 is 1.96. The second kappa shape index (κ2) is 7.43. The molecule has 1 unspecified atom stereocenters. The number of ketones is 1. The maximum Gasteiger partial charge on any atom is 0.133 e. The summed E-state index contributed by atoms with van der Waals surface area (Å²) in [5.74, 6) is 3.54. The molecule has 1 nitrogen and oxygen atoms in total. The van der Waals surface area contributed by atoms with Crippen molar-refractivity contribution in [1.29, 1.82) is 0 Å². The van der Waals surface area contributed by atoms with Gasteiger partial charge in [-0.3, -0.25) is 4.79 Å². The topological polar surface area (TPSA) is 17.1 Å². The van der Waals surface area contributed by atoms with E-state index in [1.54, 1.807) is 6.92 Å². The number of carbonyl (C=O) groups excluding carboxylic acids is 1. The van der Waals surface area contributed by atoms with E-state index in [4.69, 9.17) is 0 Å². The minimum atomic E-state index is 0.289. The highest BCUT2D eigenvalue weighted by atomic mass is 32.2. The van der Waals surface area contributed by atoms with Crippen molar-refractivity contribution >= 4 is 17.5 Å². The normalized spacial score (nSPS) is 13.3. The maximum atomic E-state index is 11.2. The molecule has 0 aliphatic carbocycles. The second-order valence-corrected chi connectivity index (χ2v) is 5.19. The van der Waals surface area contributed by atoms with Crippen LogP contribution in [-0.4, -0.2) is 17.3 Å². The predicted molar refractivity (Wildman–Crippen MR) is 61.2 cm³/mol. The van der Waals surface area contributed by atoms with Gasteiger partial charge < -0.3 is 0 Å². The van der Waals surface area contributed by atoms with Gasteiger partial charge in [0.2, 0.25) is 0 Å². The van der Waals surface area contributed by atoms with Crippen molar-refractivity contribution in [3.63, 3.8) is 0 Å². The fourth-order valence-electron chi connectivity index (χ4n) is 1.56. The van der Waals surface area contributed by atoms with Gasteiger partial charge in [0.1, 0.15) is 5.78 Å². The molecular formula is C11H22OS. The first-order valence-electron chi connectivity index (χ1n) is 5.17. The second-order valence-electron chi connectivity index (χ2n) is 3.80. The van der Waals surface area contributed by atoms with Gasteiger partial charge in [0.15, 0.2) is 0 Å². The van der Waals surface area contributed by atoms with Crippen LogP contribution in [0, 0.1) is 11.8 Å². The molecule has 0 aromatic carbocycles. The molecule has 0 heterocycles. The average Bonchev–Trinajstić information content (AvgIpc) is 2.02. The molecule has 0 radical (unpaired) electrons. The van der Waals surface area contributed by atoms with Crippen molar-refractivity contribution < 1.29 is 4.79 Å². The van der Waals surface area contributed by atoms with Crippen LogP contribution in [-0.2, 0) is 4.79 Å². The molecule has 78 valence electrons. The van der Waals surface area contributed by atoms with Gasteiger partial charge in [0, 0.05) is 5.92 Å². The van der Waals surface area contributed by atoms with Crippen LogP contribution in [0.25, 0.3) is 0 Å². The summed E-state index contributed by atoms with van der Waals surface area (Å²) in [6.07, 6.45) is 2.25. The van der Waals surface area contributed by atoms with Crippen LogP contribution >= 0.6 is 11.8 Å². The Bertz CT molecular complexity index is 143. The van der Waals surface area contributed by atoms with E-state index in [-0.39, 0.29) is 5.92 Å². The smallest absolute Gasteiger partial charge is 0.133 e. The van der Waals surface area contributed by atoms with E-state index in [1.807, 2.05) is 11.8 Å². The van der Waals surface area contributed by atoms with Gasteiger partial charge in [-0.05, 0) is 37.2 Å². The first kappa shape index (κ1) is 13.0. The molecule has 13 heavy (non-hydrogen) atoms. The van der Waals surface area contributed by atoms with Crippen molar-refractivity contribution in [3.8, 4) is 0 Å². The zero-order valence-electron chi connectivity index (χ0n) is 9.30. The van der Waals surface area contributed by atoms with E-state index in [9.17, 15) is 4.79 Å². The molecule has 0 aliphatic rings. The van der Waals surface area contributed by atoms with Gasteiger partial charge in [-0.15, -0.1) is 0 Å². The Labute approximate surface area is 86.7 Å². The molecule has 2 heteroatoms.